The van der Waals surface area contributed by atoms with Crippen molar-refractivity contribution in [3.8, 4) is 0 Å². The summed E-state index contributed by atoms with van der Waals surface area (Å²) in [7, 11) is 0. The first-order chi connectivity index (χ1) is 10.5. The fraction of sp³-hybridized carbons (Fsp3) is 0.0625. The number of carbonyl (C=O) groups excluding carboxylic acids is 1. The summed E-state index contributed by atoms with van der Waals surface area (Å²) in [5.41, 5.74) is 1.16. The summed E-state index contributed by atoms with van der Waals surface area (Å²) < 4.78 is 17.9. The number of nitro benzene ring substituents is 1. The van der Waals surface area contributed by atoms with Gasteiger partial charge in [-0.2, -0.15) is 0 Å². The highest BCUT2D eigenvalue weighted by Gasteiger charge is 2.03. The Bertz CT molecular complexity index is 710. The van der Waals surface area contributed by atoms with E-state index in [2.05, 4.69) is 0 Å². The van der Waals surface area contributed by atoms with Gasteiger partial charge >= 0.3 is 5.97 Å². The zero-order valence-corrected chi connectivity index (χ0v) is 11.4. The van der Waals surface area contributed by atoms with E-state index in [0.717, 1.165) is 0 Å². The molecule has 0 N–H and O–H groups in total. The second kappa shape index (κ2) is 7.12. The second-order valence-corrected chi connectivity index (χ2v) is 4.42. The van der Waals surface area contributed by atoms with E-state index >= 15 is 0 Å². The van der Waals surface area contributed by atoms with Crippen LogP contribution in [0, 0.1) is 15.9 Å². The number of hydrogen-bond donors (Lipinski definition) is 0. The van der Waals surface area contributed by atoms with E-state index in [-0.39, 0.29) is 12.3 Å². The van der Waals surface area contributed by atoms with E-state index in [1.165, 1.54) is 54.6 Å². The third kappa shape index (κ3) is 4.52. The Labute approximate surface area is 125 Å². The Hall–Kier alpha value is -3.02. The Morgan fingerprint density at radius 1 is 1.23 bits per heavy atom. The van der Waals surface area contributed by atoms with Gasteiger partial charge in [-0.3, -0.25) is 10.1 Å². The first kappa shape index (κ1) is 15.4. The maximum absolute atomic E-state index is 12.9. The van der Waals surface area contributed by atoms with E-state index < -0.39 is 16.7 Å². The van der Waals surface area contributed by atoms with Crippen molar-refractivity contribution in [2.45, 2.75) is 6.61 Å². The smallest absolute Gasteiger partial charge is 0.331 e. The number of esters is 1. The minimum Gasteiger partial charge on any atom is -0.458 e. The molecular formula is C16H12FNO4. The fourth-order valence-electron chi connectivity index (χ4n) is 1.70. The van der Waals surface area contributed by atoms with Crippen LogP contribution in [0.4, 0.5) is 10.1 Å². The van der Waals surface area contributed by atoms with Crippen LogP contribution in [-0.2, 0) is 16.1 Å². The number of ether oxygens (including phenoxy) is 1. The Morgan fingerprint density at radius 2 is 1.95 bits per heavy atom. The molecule has 6 heteroatoms. The lowest BCUT2D eigenvalue weighted by atomic mass is 10.2. The molecule has 0 saturated heterocycles. The number of hydrogen-bond acceptors (Lipinski definition) is 4. The van der Waals surface area contributed by atoms with Crippen molar-refractivity contribution >= 4 is 17.7 Å². The Morgan fingerprint density at radius 3 is 2.59 bits per heavy atom. The van der Waals surface area contributed by atoms with Crippen molar-refractivity contribution < 1.29 is 18.8 Å². The summed E-state index contributed by atoms with van der Waals surface area (Å²) in [5.74, 6) is -0.974. The van der Waals surface area contributed by atoms with Crippen LogP contribution in [0.1, 0.15) is 11.1 Å². The van der Waals surface area contributed by atoms with E-state index in [1.54, 1.807) is 6.07 Å². The molecule has 0 aliphatic rings. The molecule has 0 atom stereocenters. The monoisotopic (exact) mass is 301 g/mol. The van der Waals surface area contributed by atoms with Gasteiger partial charge in [-0.25, -0.2) is 9.18 Å². The van der Waals surface area contributed by atoms with Gasteiger partial charge in [-0.1, -0.05) is 12.1 Å². The van der Waals surface area contributed by atoms with Crippen molar-refractivity contribution in [2.75, 3.05) is 0 Å². The van der Waals surface area contributed by atoms with E-state index in [9.17, 15) is 19.3 Å². The highest BCUT2D eigenvalue weighted by molar-refractivity contribution is 5.87. The first-order valence-corrected chi connectivity index (χ1v) is 6.38. The predicted molar refractivity (Wildman–Crippen MR) is 78.3 cm³/mol. The molecule has 0 saturated carbocycles. The average Bonchev–Trinajstić information content (AvgIpc) is 2.51. The molecule has 2 aromatic rings. The van der Waals surface area contributed by atoms with Gasteiger partial charge in [0.25, 0.3) is 5.69 Å². The van der Waals surface area contributed by atoms with Crippen LogP contribution in [0.25, 0.3) is 6.08 Å². The lowest BCUT2D eigenvalue weighted by molar-refractivity contribution is -0.384. The van der Waals surface area contributed by atoms with Gasteiger partial charge in [-0.05, 0) is 41.5 Å². The van der Waals surface area contributed by atoms with Crippen LogP contribution in [0.5, 0.6) is 0 Å². The standard InChI is InChI=1S/C16H12FNO4/c17-14-3-1-2-13(10-14)11-22-16(19)9-6-12-4-7-15(8-5-12)18(20)21/h1-10H,11H2/b9-6+. The minimum atomic E-state index is -0.581. The zero-order valence-electron chi connectivity index (χ0n) is 11.4. The molecule has 0 radical (unpaired) electrons. The van der Waals surface area contributed by atoms with Crippen LogP contribution in [0.2, 0.25) is 0 Å². The molecule has 22 heavy (non-hydrogen) atoms. The van der Waals surface area contributed by atoms with Gasteiger partial charge in [0, 0.05) is 18.2 Å². The van der Waals surface area contributed by atoms with Crippen LogP contribution >= 0.6 is 0 Å². The van der Waals surface area contributed by atoms with Gasteiger partial charge in [0.05, 0.1) is 4.92 Å². The highest BCUT2D eigenvalue weighted by Crippen LogP contribution is 2.13. The van der Waals surface area contributed by atoms with Crippen LogP contribution in [0.15, 0.2) is 54.6 Å². The number of nitrogens with zero attached hydrogens (tertiary/aromatic N) is 1. The van der Waals surface area contributed by atoms with E-state index in [4.69, 9.17) is 4.74 Å². The number of carbonyl (C=O) groups is 1. The summed E-state index contributed by atoms with van der Waals surface area (Å²) in [6.45, 7) is -0.0266. The minimum absolute atomic E-state index is 0.0224. The van der Waals surface area contributed by atoms with Crippen molar-refractivity contribution in [1.29, 1.82) is 0 Å². The quantitative estimate of drug-likeness (QED) is 0.367. The summed E-state index contributed by atoms with van der Waals surface area (Å²) in [6.07, 6.45) is 2.69. The van der Waals surface area contributed by atoms with Gasteiger partial charge in [0.15, 0.2) is 0 Å². The van der Waals surface area contributed by atoms with E-state index in [0.29, 0.717) is 11.1 Å². The van der Waals surface area contributed by atoms with Crippen LogP contribution in [0.3, 0.4) is 0 Å². The molecule has 0 amide bonds. The SMILES string of the molecule is O=C(/C=C/c1ccc([N+](=O)[O-])cc1)OCc1cccc(F)c1. The van der Waals surface area contributed by atoms with Gasteiger partial charge in [-0.15, -0.1) is 0 Å². The Kier molecular flexibility index (Phi) is 4.98. The second-order valence-electron chi connectivity index (χ2n) is 4.42. The summed E-state index contributed by atoms with van der Waals surface area (Å²) in [4.78, 5) is 21.5. The topological polar surface area (TPSA) is 69.4 Å². The van der Waals surface area contributed by atoms with Gasteiger partial charge in [0.1, 0.15) is 12.4 Å². The number of nitro groups is 1. The van der Waals surface area contributed by atoms with Gasteiger partial charge in [0.2, 0.25) is 0 Å². The Balaban J connectivity index is 1.89. The number of non-ortho nitro benzene ring substituents is 1. The lowest BCUT2D eigenvalue weighted by Gasteiger charge is -2.02. The molecule has 0 spiro atoms. The van der Waals surface area contributed by atoms with Crippen molar-refractivity contribution in [3.05, 3.63) is 81.7 Å². The van der Waals surface area contributed by atoms with Gasteiger partial charge < -0.3 is 4.74 Å². The zero-order chi connectivity index (χ0) is 15.9. The highest BCUT2D eigenvalue weighted by atomic mass is 19.1. The molecule has 5 nitrogen and oxygen atoms in total. The van der Waals surface area contributed by atoms with Crippen LogP contribution < -0.4 is 0 Å². The fourth-order valence-corrected chi connectivity index (χ4v) is 1.70. The molecule has 0 heterocycles. The molecule has 0 bridgehead atoms. The largest absolute Gasteiger partial charge is 0.458 e. The third-order valence-corrected chi connectivity index (χ3v) is 2.79. The van der Waals surface area contributed by atoms with Crippen LogP contribution in [-0.4, -0.2) is 10.9 Å². The molecular weight excluding hydrogens is 289 g/mol. The molecule has 2 rings (SSSR count). The summed E-state index contributed by atoms with van der Waals surface area (Å²) in [5, 5.41) is 10.5. The maximum atomic E-state index is 12.9. The molecule has 0 aliphatic carbocycles. The number of rotatable bonds is 5. The molecule has 0 aliphatic heterocycles. The third-order valence-electron chi connectivity index (χ3n) is 2.79. The molecule has 0 fully saturated rings. The molecule has 2 aromatic carbocycles. The summed E-state index contributed by atoms with van der Waals surface area (Å²) >= 11 is 0. The lowest BCUT2D eigenvalue weighted by Crippen LogP contribution is -2.00. The molecule has 0 unspecified atom stereocenters. The molecule has 112 valence electrons. The van der Waals surface area contributed by atoms with Crippen molar-refractivity contribution in [3.63, 3.8) is 0 Å². The van der Waals surface area contributed by atoms with Crippen molar-refractivity contribution in [2.24, 2.45) is 0 Å². The maximum Gasteiger partial charge on any atom is 0.331 e. The average molecular weight is 301 g/mol. The van der Waals surface area contributed by atoms with E-state index in [1.807, 2.05) is 0 Å². The predicted octanol–water partition coefficient (Wildman–Crippen LogP) is 3.49. The normalized spacial score (nSPS) is 10.6. The first-order valence-electron chi connectivity index (χ1n) is 6.38. The van der Waals surface area contributed by atoms with Crippen molar-refractivity contribution in [1.82, 2.24) is 0 Å². The number of benzene rings is 2. The summed E-state index contributed by atoms with van der Waals surface area (Å²) in [6, 6.07) is 11.5. The molecule has 0 aromatic heterocycles. The number of halogens is 1.